The lowest BCUT2D eigenvalue weighted by Gasteiger charge is -2.54. The summed E-state index contributed by atoms with van der Waals surface area (Å²) in [6.07, 6.45) is 8.09. The lowest BCUT2D eigenvalue weighted by molar-refractivity contribution is -0.144. The summed E-state index contributed by atoms with van der Waals surface area (Å²) in [5.74, 6) is 3.83. The third-order valence-electron chi connectivity index (χ3n) is 4.86. The summed E-state index contributed by atoms with van der Waals surface area (Å²) in [5, 5.41) is 0. The van der Waals surface area contributed by atoms with Crippen LogP contribution in [0.5, 0.6) is 0 Å². The second kappa shape index (κ2) is 3.74. The fourth-order valence-electron chi connectivity index (χ4n) is 4.42. The molecule has 15 heavy (non-hydrogen) atoms. The average Bonchev–Trinajstić information content (AvgIpc) is 2.22. The average molecular weight is 209 g/mol. The van der Waals surface area contributed by atoms with Crippen LogP contribution in [0, 0.1) is 23.7 Å². The van der Waals surface area contributed by atoms with E-state index < -0.39 is 0 Å². The Kier molecular flexibility index (Phi) is 2.52. The molecule has 4 bridgehead atoms. The van der Waals surface area contributed by atoms with Gasteiger partial charge in [-0.25, -0.2) is 0 Å². The predicted octanol–water partition coefficient (Wildman–Crippen LogP) is 2.17. The Morgan fingerprint density at radius 3 is 2.07 bits per heavy atom. The molecule has 4 aliphatic rings. The van der Waals surface area contributed by atoms with Gasteiger partial charge in [0, 0.05) is 6.54 Å². The van der Waals surface area contributed by atoms with Crippen LogP contribution in [-0.4, -0.2) is 18.8 Å². The van der Waals surface area contributed by atoms with Gasteiger partial charge in [-0.3, -0.25) is 0 Å². The van der Waals surface area contributed by atoms with Crippen molar-refractivity contribution in [1.82, 2.24) is 0 Å². The van der Waals surface area contributed by atoms with E-state index in [0.717, 1.165) is 23.7 Å². The molecule has 0 amide bonds. The van der Waals surface area contributed by atoms with Gasteiger partial charge < -0.3 is 10.5 Å². The molecule has 0 aromatic rings. The predicted molar refractivity (Wildman–Crippen MR) is 60.4 cm³/mol. The normalized spacial score (nSPS) is 49.6. The van der Waals surface area contributed by atoms with Crippen LogP contribution in [0.1, 0.15) is 39.0 Å². The van der Waals surface area contributed by atoms with E-state index in [1.54, 1.807) is 0 Å². The fraction of sp³-hybridized carbons (Fsp3) is 1.00. The molecule has 86 valence electrons. The first-order valence-corrected chi connectivity index (χ1v) is 6.61. The second-order valence-corrected chi connectivity index (χ2v) is 6.08. The summed E-state index contributed by atoms with van der Waals surface area (Å²) >= 11 is 0. The van der Waals surface area contributed by atoms with Gasteiger partial charge >= 0.3 is 0 Å². The molecule has 4 saturated carbocycles. The lowest BCUT2D eigenvalue weighted by atomic mass is 9.55. The highest BCUT2D eigenvalue weighted by atomic mass is 16.5. The highest BCUT2D eigenvalue weighted by Crippen LogP contribution is 2.54. The summed E-state index contributed by atoms with van der Waals surface area (Å²) in [4.78, 5) is 0. The largest absolute Gasteiger partial charge is 0.373 e. The Bertz CT molecular complexity index is 213. The third kappa shape index (κ3) is 1.72. The van der Waals surface area contributed by atoms with Crippen molar-refractivity contribution in [3.8, 4) is 0 Å². The van der Waals surface area contributed by atoms with Crippen molar-refractivity contribution in [2.24, 2.45) is 29.4 Å². The van der Waals surface area contributed by atoms with Crippen molar-refractivity contribution in [3.63, 3.8) is 0 Å². The van der Waals surface area contributed by atoms with E-state index in [1.165, 1.54) is 32.1 Å². The highest BCUT2D eigenvalue weighted by Gasteiger charge is 2.48. The van der Waals surface area contributed by atoms with Crippen LogP contribution in [0.4, 0.5) is 0 Å². The Morgan fingerprint density at radius 1 is 1.07 bits per heavy atom. The van der Waals surface area contributed by atoms with Crippen LogP contribution in [-0.2, 0) is 4.74 Å². The van der Waals surface area contributed by atoms with Gasteiger partial charge in [0.05, 0.1) is 12.2 Å². The van der Waals surface area contributed by atoms with Gasteiger partial charge in [0.25, 0.3) is 0 Å². The van der Waals surface area contributed by atoms with Gasteiger partial charge in [-0.1, -0.05) is 0 Å². The van der Waals surface area contributed by atoms with Crippen LogP contribution in [0.25, 0.3) is 0 Å². The van der Waals surface area contributed by atoms with Gasteiger partial charge in [0.1, 0.15) is 0 Å². The quantitative estimate of drug-likeness (QED) is 0.773. The molecule has 0 heterocycles. The number of hydrogen-bond donors (Lipinski definition) is 1. The zero-order valence-electron chi connectivity index (χ0n) is 9.69. The van der Waals surface area contributed by atoms with E-state index in [2.05, 4.69) is 6.92 Å². The first kappa shape index (κ1) is 10.1. The monoisotopic (exact) mass is 209 g/mol. The SMILES string of the molecule is CC(CN)OC1C2CC3CC(C2)CC1C3. The maximum atomic E-state index is 6.15. The summed E-state index contributed by atoms with van der Waals surface area (Å²) < 4.78 is 6.15. The summed E-state index contributed by atoms with van der Waals surface area (Å²) in [6, 6.07) is 0. The molecule has 0 radical (unpaired) electrons. The summed E-state index contributed by atoms with van der Waals surface area (Å²) in [6.45, 7) is 2.79. The van der Waals surface area contributed by atoms with Crippen LogP contribution < -0.4 is 5.73 Å². The molecule has 2 heteroatoms. The standard InChI is InChI=1S/C13H23NO/c1-8(7-14)15-13-11-3-9-2-10(5-11)6-12(13)4-9/h8-13H,2-7,14H2,1H3. The Hall–Kier alpha value is -0.0800. The van der Waals surface area contributed by atoms with Gasteiger partial charge in [-0.2, -0.15) is 0 Å². The van der Waals surface area contributed by atoms with Crippen molar-refractivity contribution in [3.05, 3.63) is 0 Å². The van der Waals surface area contributed by atoms with Crippen LogP contribution in [0.15, 0.2) is 0 Å². The first-order valence-electron chi connectivity index (χ1n) is 6.61. The van der Waals surface area contributed by atoms with Crippen molar-refractivity contribution in [2.45, 2.75) is 51.2 Å². The molecule has 1 unspecified atom stereocenters. The topological polar surface area (TPSA) is 35.2 Å². The molecule has 2 N–H and O–H groups in total. The number of nitrogens with two attached hydrogens (primary N) is 1. The zero-order valence-corrected chi connectivity index (χ0v) is 9.69. The van der Waals surface area contributed by atoms with Gasteiger partial charge in [0.15, 0.2) is 0 Å². The number of hydrogen-bond acceptors (Lipinski definition) is 2. The minimum absolute atomic E-state index is 0.257. The molecule has 0 aromatic carbocycles. The van der Waals surface area contributed by atoms with Crippen molar-refractivity contribution in [1.29, 1.82) is 0 Å². The van der Waals surface area contributed by atoms with E-state index in [0.29, 0.717) is 12.6 Å². The van der Waals surface area contributed by atoms with E-state index in [1.807, 2.05) is 0 Å². The molecule has 2 nitrogen and oxygen atoms in total. The van der Waals surface area contributed by atoms with Crippen LogP contribution in [0.2, 0.25) is 0 Å². The Balaban J connectivity index is 1.69. The summed E-state index contributed by atoms with van der Waals surface area (Å²) in [5.41, 5.74) is 5.65. The van der Waals surface area contributed by atoms with E-state index in [9.17, 15) is 0 Å². The molecule has 0 aromatic heterocycles. The Labute approximate surface area is 92.6 Å². The molecule has 1 atom stereocenters. The van der Waals surface area contributed by atoms with Gasteiger partial charge in [0.2, 0.25) is 0 Å². The first-order chi connectivity index (χ1) is 7.26. The van der Waals surface area contributed by atoms with Gasteiger partial charge in [-0.05, 0) is 62.7 Å². The Morgan fingerprint density at radius 2 is 1.60 bits per heavy atom. The van der Waals surface area contributed by atoms with E-state index in [-0.39, 0.29) is 6.10 Å². The van der Waals surface area contributed by atoms with Crippen LogP contribution >= 0.6 is 0 Å². The van der Waals surface area contributed by atoms with Crippen LogP contribution in [0.3, 0.4) is 0 Å². The molecule has 0 spiro atoms. The van der Waals surface area contributed by atoms with Gasteiger partial charge in [-0.15, -0.1) is 0 Å². The minimum Gasteiger partial charge on any atom is -0.373 e. The molecule has 4 fully saturated rings. The molecular formula is C13H23NO. The van der Waals surface area contributed by atoms with Crippen molar-refractivity contribution >= 4 is 0 Å². The smallest absolute Gasteiger partial charge is 0.0673 e. The maximum Gasteiger partial charge on any atom is 0.0673 e. The van der Waals surface area contributed by atoms with Crippen molar-refractivity contribution in [2.75, 3.05) is 6.54 Å². The molecule has 0 aliphatic heterocycles. The van der Waals surface area contributed by atoms with E-state index >= 15 is 0 Å². The molecule has 4 rings (SSSR count). The van der Waals surface area contributed by atoms with Crippen molar-refractivity contribution < 1.29 is 4.74 Å². The molecule has 0 saturated heterocycles. The third-order valence-corrected chi connectivity index (χ3v) is 4.86. The molecule has 4 aliphatic carbocycles. The number of ether oxygens (including phenoxy) is 1. The molecular weight excluding hydrogens is 186 g/mol. The fourth-order valence-corrected chi connectivity index (χ4v) is 4.42. The number of rotatable bonds is 3. The minimum atomic E-state index is 0.257. The lowest BCUT2D eigenvalue weighted by Crippen LogP contribution is -2.50. The zero-order chi connectivity index (χ0) is 10.4. The maximum absolute atomic E-state index is 6.15. The highest BCUT2D eigenvalue weighted by molar-refractivity contribution is 4.99. The summed E-state index contributed by atoms with van der Waals surface area (Å²) in [7, 11) is 0. The second-order valence-electron chi connectivity index (χ2n) is 6.08. The van der Waals surface area contributed by atoms with E-state index in [4.69, 9.17) is 10.5 Å².